The normalized spacial score (nSPS) is 12.9. The van der Waals surface area contributed by atoms with Crippen molar-refractivity contribution >= 4 is 56.1 Å². The molecule has 2 heterocycles. The molecule has 1 aliphatic carbocycles. The molecule has 1 aliphatic heterocycles. The Morgan fingerprint density at radius 3 is 1.61 bits per heavy atom. The minimum absolute atomic E-state index is 0.610. The molecular formula is C67H44N2O. The van der Waals surface area contributed by atoms with Crippen molar-refractivity contribution in [3.63, 3.8) is 0 Å². The second kappa shape index (κ2) is 16.0. The number of nitrogens with zero attached hydrogens (tertiary/aromatic N) is 2. The molecule has 70 heavy (non-hydrogen) atoms. The Hall–Kier alpha value is -9.18. The van der Waals surface area contributed by atoms with Crippen LogP contribution in [0.25, 0.3) is 66.4 Å². The molecule has 0 radical (unpaired) electrons. The number of fused-ring (bicyclic) bond motifs is 12. The predicted molar refractivity (Wildman–Crippen MR) is 290 cm³/mol. The molecule has 0 bridgehead atoms. The molecule has 0 saturated carbocycles. The molecule has 0 atom stereocenters. The Balaban J connectivity index is 1.01. The maximum Gasteiger partial charge on any atom is 0.143 e. The van der Waals surface area contributed by atoms with E-state index in [1.54, 1.807) is 0 Å². The first-order chi connectivity index (χ1) is 34.8. The van der Waals surface area contributed by atoms with E-state index in [1.165, 1.54) is 61.4 Å². The van der Waals surface area contributed by atoms with Crippen LogP contribution in [0.5, 0.6) is 0 Å². The highest BCUT2D eigenvalue weighted by Crippen LogP contribution is 2.64. The van der Waals surface area contributed by atoms with Gasteiger partial charge in [-0.05, 0) is 116 Å². The van der Waals surface area contributed by atoms with Gasteiger partial charge < -0.3 is 14.2 Å². The fourth-order valence-corrected chi connectivity index (χ4v) is 11.8. The highest BCUT2D eigenvalue weighted by atomic mass is 16.3. The van der Waals surface area contributed by atoms with Gasteiger partial charge in [0, 0.05) is 39.0 Å². The molecular weight excluding hydrogens is 849 g/mol. The second-order valence-corrected chi connectivity index (χ2v) is 18.3. The summed E-state index contributed by atoms with van der Waals surface area (Å²) in [6.07, 6.45) is 0. The van der Waals surface area contributed by atoms with Crippen molar-refractivity contribution in [3.05, 3.63) is 289 Å². The molecule has 2 aliphatic rings. The van der Waals surface area contributed by atoms with Gasteiger partial charge in [-0.15, -0.1) is 0 Å². The van der Waals surface area contributed by atoms with E-state index in [0.717, 1.165) is 61.4 Å². The minimum atomic E-state index is -0.610. The van der Waals surface area contributed by atoms with Crippen LogP contribution in [-0.2, 0) is 5.41 Å². The van der Waals surface area contributed by atoms with Crippen molar-refractivity contribution in [3.8, 4) is 44.5 Å². The number of para-hydroxylation sites is 6. The van der Waals surface area contributed by atoms with Crippen molar-refractivity contribution in [2.75, 3.05) is 9.80 Å². The first kappa shape index (κ1) is 39.9. The molecule has 0 N–H and O–H groups in total. The van der Waals surface area contributed by atoms with Crippen LogP contribution in [0, 0.1) is 0 Å². The molecule has 3 nitrogen and oxygen atoms in total. The summed E-state index contributed by atoms with van der Waals surface area (Å²) in [7, 11) is 0. The van der Waals surface area contributed by atoms with E-state index in [-0.39, 0.29) is 0 Å². The Morgan fingerprint density at radius 1 is 0.329 bits per heavy atom. The van der Waals surface area contributed by atoms with Crippen LogP contribution in [0.2, 0.25) is 0 Å². The Labute approximate surface area is 407 Å². The lowest BCUT2D eigenvalue weighted by Gasteiger charge is -2.45. The summed E-state index contributed by atoms with van der Waals surface area (Å²) in [6.45, 7) is 0. The molecule has 0 unspecified atom stereocenters. The average Bonchev–Trinajstić information content (AvgIpc) is 3.96. The highest BCUT2D eigenvalue weighted by Gasteiger charge is 2.52. The van der Waals surface area contributed by atoms with Gasteiger partial charge in [-0.25, -0.2) is 0 Å². The fraction of sp³-hybridized carbons (Fsp3) is 0.0149. The standard InChI is InChI=1S/C67H44N2O/c1-3-20-45(21-4-1)50-24-7-8-25-52(50)55-27-10-15-34-62(55)68(48-40-38-46(39-41-48)51-29-19-30-57-56-28-11-18-37-65(56)70-66(51)57)49-42-43-54-53-26-9-12-31-58(53)67(61(54)44-49)59-32-13-16-35-63(59)69(47-22-5-2-6-23-47)64-36-17-14-33-60(64)67/h1-44H. The lowest BCUT2D eigenvalue weighted by molar-refractivity contribution is 0.670. The van der Waals surface area contributed by atoms with Gasteiger partial charge >= 0.3 is 0 Å². The van der Waals surface area contributed by atoms with Crippen molar-refractivity contribution in [1.29, 1.82) is 0 Å². The van der Waals surface area contributed by atoms with E-state index >= 15 is 0 Å². The van der Waals surface area contributed by atoms with Crippen molar-refractivity contribution in [1.82, 2.24) is 0 Å². The minimum Gasteiger partial charge on any atom is -0.455 e. The smallest absolute Gasteiger partial charge is 0.143 e. The van der Waals surface area contributed by atoms with Gasteiger partial charge in [-0.1, -0.05) is 206 Å². The van der Waals surface area contributed by atoms with Gasteiger partial charge in [-0.2, -0.15) is 0 Å². The van der Waals surface area contributed by atoms with Crippen LogP contribution in [0.4, 0.5) is 34.1 Å². The quantitative estimate of drug-likeness (QED) is 0.159. The predicted octanol–water partition coefficient (Wildman–Crippen LogP) is 18.2. The maximum absolute atomic E-state index is 6.56. The molecule has 11 aromatic carbocycles. The summed E-state index contributed by atoms with van der Waals surface area (Å²) in [5.74, 6) is 0. The Bertz CT molecular complexity index is 3920. The lowest BCUT2D eigenvalue weighted by Crippen LogP contribution is -2.36. The number of anilines is 6. The number of rotatable bonds is 7. The third-order valence-electron chi connectivity index (χ3n) is 14.7. The molecule has 328 valence electrons. The third kappa shape index (κ3) is 5.95. The maximum atomic E-state index is 6.56. The van der Waals surface area contributed by atoms with Crippen LogP contribution in [0.1, 0.15) is 22.3 Å². The van der Waals surface area contributed by atoms with Crippen molar-refractivity contribution in [2.24, 2.45) is 0 Å². The Kier molecular flexibility index (Phi) is 9.11. The van der Waals surface area contributed by atoms with Gasteiger partial charge in [0.05, 0.1) is 22.5 Å². The molecule has 3 heteroatoms. The third-order valence-corrected chi connectivity index (χ3v) is 14.7. The highest BCUT2D eigenvalue weighted by molar-refractivity contribution is 6.09. The molecule has 0 amide bonds. The second-order valence-electron chi connectivity index (χ2n) is 18.3. The summed E-state index contributed by atoms with van der Waals surface area (Å²) < 4.78 is 6.56. The van der Waals surface area contributed by atoms with Gasteiger partial charge in [0.1, 0.15) is 11.2 Å². The largest absolute Gasteiger partial charge is 0.455 e. The first-order valence-corrected chi connectivity index (χ1v) is 24.1. The van der Waals surface area contributed by atoms with E-state index < -0.39 is 5.41 Å². The van der Waals surface area contributed by atoms with Gasteiger partial charge in [0.15, 0.2) is 0 Å². The zero-order chi connectivity index (χ0) is 46.2. The zero-order valence-corrected chi connectivity index (χ0v) is 38.2. The summed E-state index contributed by atoms with van der Waals surface area (Å²) >= 11 is 0. The average molecular weight is 893 g/mol. The number of hydrogen-bond donors (Lipinski definition) is 0. The summed E-state index contributed by atoms with van der Waals surface area (Å²) in [5.41, 5.74) is 22.3. The number of benzene rings is 11. The summed E-state index contributed by atoms with van der Waals surface area (Å²) in [5, 5.41) is 2.25. The van der Waals surface area contributed by atoms with E-state index in [1.807, 2.05) is 6.07 Å². The van der Waals surface area contributed by atoms with Crippen LogP contribution in [-0.4, -0.2) is 0 Å². The van der Waals surface area contributed by atoms with Crippen LogP contribution in [0.15, 0.2) is 271 Å². The van der Waals surface area contributed by atoms with Crippen molar-refractivity contribution in [2.45, 2.75) is 5.41 Å². The SMILES string of the molecule is c1ccc(-c2ccccc2-c2ccccc2N(c2ccc(-c3cccc4c3oc3ccccc34)cc2)c2ccc3c(c2)C2(c4ccccc4-3)c3ccccc3N(c3ccccc3)c3ccccc32)cc1. The topological polar surface area (TPSA) is 19.6 Å². The van der Waals surface area contributed by atoms with Crippen LogP contribution in [0.3, 0.4) is 0 Å². The lowest BCUT2D eigenvalue weighted by atomic mass is 9.64. The fourth-order valence-electron chi connectivity index (χ4n) is 11.8. The van der Waals surface area contributed by atoms with E-state index in [9.17, 15) is 0 Å². The molecule has 0 saturated heterocycles. The molecule has 0 fully saturated rings. The monoisotopic (exact) mass is 892 g/mol. The van der Waals surface area contributed by atoms with Gasteiger partial charge in [0.25, 0.3) is 0 Å². The van der Waals surface area contributed by atoms with E-state index in [2.05, 4.69) is 271 Å². The zero-order valence-electron chi connectivity index (χ0n) is 38.2. The Morgan fingerprint density at radius 2 is 0.857 bits per heavy atom. The van der Waals surface area contributed by atoms with Gasteiger partial charge in [0.2, 0.25) is 0 Å². The van der Waals surface area contributed by atoms with E-state index in [4.69, 9.17) is 4.42 Å². The molecule has 1 spiro atoms. The van der Waals surface area contributed by atoms with Gasteiger partial charge in [-0.3, -0.25) is 0 Å². The molecule has 14 rings (SSSR count). The number of hydrogen-bond acceptors (Lipinski definition) is 3. The van der Waals surface area contributed by atoms with Crippen LogP contribution >= 0.6 is 0 Å². The number of furan rings is 1. The summed E-state index contributed by atoms with van der Waals surface area (Å²) in [6, 6.07) is 97.4. The molecule has 12 aromatic rings. The first-order valence-electron chi connectivity index (χ1n) is 24.1. The summed E-state index contributed by atoms with van der Waals surface area (Å²) in [4.78, 5) is 4.91. The molecule has 1 aromatic heterocycles. The van der Waals surface area contributed by atoms with Crippen molar-refractivity contribution < 1.29 is 4.42 Å². The van der Waals surface area contributed by atoms with E-state index in [0.29, 0.717) is 0 Å². The van der Waals surface area contributed by atoms with Crippen LogP contribution < -0.4 is 9.80 Å².